The molecule has 87 heavy (non-hydrogen) atoms. The molecule has 18 rings (SSSR count). The second-order valence-electron chi connectivity index (χ2n) is 21.8. The zero-order valence-corrected chi connectivity index (χ0v) is 47.7. The molecule has 4 heterocycles. The molecule has 0 amide bonds. The first kappa shape index (κ1) is 51.3. The van der Waals surface area contributed by atoms with E-state index in [1.165, 1.54) is 97.2 Å². The summed E-state index contributed by atoms with van der Waals surface area (Å²) in [5.41, 5.74) is 12.3. The number of rotatable bonds is 5. The van der Waals surface area contributed by atoms with Gasteiger partial charge in [-0.15, -0.1) is 0 Å². The van der Waals surface area contributed by atoms with Crippen LogP contribution >= 0.6 is 11.6 Å². The Morgan fingerprint density at radius 1 is 0.276 bits per heavy atom. The summed E-state index contributed by atoms with van der Waals surface area (Å²) < 4.78 is 2.28. The Labute approximate surface area is 505 Å². The molecule has 0 aliphatic rings. The van der Waals surface area contributed by atoms with Crippen LogP contribution in [0.2, 0.25) is 5.28 Å². The van der Waals surface area contributed by atoms with Crippen molar-refractivity contribution in [2.75, 3.05) is 0 Å². The van der Waals surface area contributed by atoms with Gasteiger partial charge in [-0.25, -0.2) is 19.9 Å². The summed E-state index contributed by atoms with van der Waals surface area (Å²) in [4.78, 5) is 22.8. The average Bonchev–Trinajstić information content (AvgIpc) is 1.71. The molecule has 14 aromatic carbocycles. The molecule has 0 bridgehead atoms. The van der Waals surface area contributed by atoms with Crippen LogP contribution in [0.25, 0.3) is 159 Å². The predicted octanol–water partition coefficient (Wildman–Crippen LogP) is 21.6. The van der Waals surface area contributed by atoms with Gasteiger partial charge in [0.05, 0.1) is 39.3 Å². The van der Waals surface area contributed by atoms with Crippen LogP contribution in [0.15, 0.2) is 303 Å². The Balaban J connectivity index is 0.000000117. The smallest absolute Gasteiger partial charge is 0.235 e. The quantitative estimate of drug-likeness (QED) is 0.138. The number of nitrogens with zero attached hydrogens (tertiary/aromatic N) is 5. The Bertz CT molecular complexity index is 5530. The summed E-state index contributed by atoms with van der Waals surface area (Å²) in [6.45, 7) is 0. The fourth-order valence-electron chi connectivity index (χ4n) is 12.9. The van der Waals surface area contributed by atoms with E-state index in [1.54, 1.807) is 0 Å². The van der Waals surface area contributed by atoms with Gasteiger partial charge in [-0.1, -0.05) is 279 Å². The maximum absolute atomic E-state index is 6.03. The first-order valence-electron chi connectivity index (χ1n) is 29.2. The first-order valence-corrected chi connectivity index (χ1v) is 29.6. The summed E-state index contributed by atoms with van der Waals surface area (Å²) in [5.74, 6) is 0.664. The van der Waals surface area contributed by atoms with Gasteiger partial charge in [0.25, 0.3) is 0 Å². The monoisotopic (exact) mass is 1130 g/mol. The second kappa shape index (κ2) is 21.7. The van der Waals surface area contributed by atoms with Crippen molar-refractivity contribution in [2.24, 2.45) is 0 Å². The van der Waals surface area contributed by atoms with Crippen LogP contribution < -0.4 is 0 Å². The van der Waals surface area contributed by atoms with Crippen molar-refractivity contribution >= 4 is 120 Å². The van der Waals surface area contributed by atoms with Gasteiger partial charge in [0, 0.05) is 60.1 Å². The van der Waals surface area contributed by atoms with Gasteiger partial charge in [-0.3, -0.25) is 4.57 Å². The average molecular weight is 1130 g/mol. The third-order valence-electron chi connectivity index (χ3n) is 16.8. The van der Waals surface area contributed by atoms with E-state index in [9.17, 15) is 0 Å². The lowest BCUT2D eigenvalue weighted by atomic mass is 9.93. The van der Waals surface area contributed by atoms with Crippen LogP contribution in [0.4, 0.5) is 0 Å². The van der Waals surface area contributed by atoms with Crippen molar-refractivity contribution in [1.29, 1.82) is 0 Å². The third-order valence-corrected chi connectivity index (χ3v) is 17.0. The molecule has 0 unspecified atom stereocenters. The van der Waals surface area contributed by atoms with Gasteiger partial charge in [0.1, 0.15) is 0 Å². The first-order chi connectivity index (χ1) is 43.1. The number of hydrogen-bond donors (Lipinski definition) is 1. The summed E-state index contributed by atoms with van der Waals surface area (Å²) in [7, 11) is 0. The van der Waals surface area contributed by atoms with Crippen LogP contribution in [-0.2, 0) is 0 Å². The zero-order valence-electron chi connectivity index (χ0n) is 47.0. The van der Waals surface area contributed by atoms with Gasteiger partial charge in [-0.05, 0) is 89.7 Å². The van der Waals surface area contributed by atoms with Gasteiger partial charge < -0.3 is 4.98 Å². The molecule has 18 aromatic rings. The van der Waals surface area contributed by atoms with Crippen LogP contribution in [0.5, 0.6) is 0 Å². The van der Waals surface area contributed by atoms with Gasteiger partial charge in [0.2, 0.25) is 11.2 Å². The number of nitrogens with one attached hydrogen (secondary N) is 1. The van der Waals surface area contributed by atoms with Gasteiger partial charge >= 0.3 is 0 Å². The fraction of sp³-hybridized carbons (Fsp3) is 0. The molecule has 6 nitrogen and oxygen atoms in total. The van der Waals surface area contributed by atoms with Crippen LogP contribution in [0.3, 0.4) is 0 Å². The highest BCUT2D eigenvalue weighted by molar-refractivity contribution is 6.37. The third kappa shape index (κ3) is 9.06. The lowest BCUT2D eigenvalue weighted by Gasteiger charge is -2.14. The minimum absolute atomic E-state index is 0.264. The number of aromatic amines is 1. The van der Waals surface area contributed by atoms with Crippen LogP contribution in [-0.4, -0.2) is 29.5 Å². The van der Waals surface area contributed by atoms with E-state index in [0.717, 1.165) is 56.1 Å². The maximum atomic E-state index is 6.03. The number of para-hydroxylation sites is 2. The van der Waals surface area contributed by atoms with Crippen LogP contribution in [0.1, 0.15) is 0 Å². The number of H-pyrrole nitrogens is 1. The summed E-state index contributed by atoms with van der Waals surface area (Å²) >= 11 is 6.03. The molecule has 1 N–H and O–H groups in total. The van der Waals surface area contributed by atoms with Crippen molar-refractivity contribution in [3.05, 3.63) is 309 Å². The Morgan fingerprint density at radius 3 is 1.17 bits per heavy atom. The van der Waals surface area contributed by atoms with Gasteiger partial charge in [-0.2, -0.15) is 0 Å². The lowest BCUT2D eigenvalue weighted by molar-refractivity contribution is 0.998. The van der Waals surface area contributed by atoms with Crippen molar-refractivity contribution < 1.29 is 0 Å². The van der Waals surface area contributed by atoms with Crippen molar-refractivity contribution in [3.63, 3.8) is 0 Å². The summed E-state index contributed by atoms with van der Waals surface area (Å²) in [6.07, 6.45) is 0. The highest BCUT2D eigenvalue weighted by Crippen LogP contribution is 2.45. The number of benzene rings is 14. The largest absolute Gasteiger partial charge is 0.354 e. The molecular formula is C80H51ClN6. The fourth-order valence-corrected chi connectivity index (χ4v) is 13.1. The molecule has 0 spiro atoms. The lowest BCUT2D eigenvalue weighted by Crippen LogP contribution is -2.04. The molecule has 0 saturated heterocycles. The molecule has 0 aliphatic carbocycles. The zero-order chi connectivity index (χ0) is 57.8. The van der Waals surface area contributed by atoms with Gasteiger partial charge in [0.15, 0.2) is 0 Å². The minimum Gasteiger partial charge on any atom is -0.354 e. The van der Waals surface area contributed by atoms with E-state index in [0.29, 0.717) is 5.95 Å². The van der Waals surface area contributed by atoms with E-state index in [4.69, 9.17) is 21.6 Å². The number of halogens is 1. The van der Waals surface area contributed by atoms with E-state index >= 15 is 0 Å². The standard InChI is InChI=1S/C40H25N3.C24H15N.C16H11ClN2/c1-3-14-27(15-4-1)34-25-35(28-16-5-2-6-17-28)42-40(41-34)43-36-22-12-11-21-32(36)38-33-24-23-26-13-7-8-18-29(26)37(33)30-19-9-10-20-31(30)39(38)43;1-2-8-16-15(7-1)13-14-20-22(16)17-9-3-4-10-18(17)24-23(20)19-11-5-6-12-21(19)25-24;17-16-18-14(12-7-3-1-4-8-12)11-15(19-16)13-9-5-2-6-10-13/h1-25H;1-14,25H;1-11H. The molecule has 408 valence electrons. The molecule has 7 heteroatoms. The van der Waals surface area contributed by atoms with Crippen molar-refractivity contribution in [2.45, 2.75) is 0 Å². The molecule has 0 aliphatic heterocycles. The summed E-state index contributed by atoms with van der Waals surface area (Å²) in [6, 6.07) is 106. The topological polar surface area (TPSA) is 72.3 Å². The Hall–Kier alpha value is -11.3. The SMILES string of the molecule is Clc1nc(-c2ccccc2)cc(-c2ccccc2)n1.c1ccc(-c2cc(-c3ccccc3)nc(-n3c4ccccc4c4c5ccc6ccccc6c5c5ccccc5c43)n2)cc1.c1ccc2c(c1)ccc1c2c2ccccc2c2[nH]c3ccccc3c12. The molecule has 4 aromatic heterocycles. The Morgan fingerprint density at radius 2 is 0.655 bits per heavy atom. The maximum Gasteiger partial charge on any atom is 0.235 e. The van der Waals surface area contributed by atoms with Crippen LogP contribution in [0, 0.1) is 0 Å². The number of hydrogen-bond acceptors (Lipinski definition) is 4. The summed E-state index contributed by atoms with van der Waals surface area (Å²) in [5, 5.41) is 20.7. The second-order valence-corrected chi connectivity index (χ2v) is 22.2. The van der Waals surface area contributed by atoms with E-state index < -0.39 is 0 Å². The molecule has 0 radical (unpaired) electrons. The Kier molecular flexibility index (Phi) is 12.8. The molecule has 0 fully saturated rings. The molecule has 0 atom stereocenters. The highest BCUT2D eigenvalue weighted by atomic mass is 35.5. The number of fused-ring (bicyclic) bond motifs is 20. The minimum atomic E-state index is 0.264. The molecular weight excluding hydrogens is 1080 g/mol. The van der Waals surface area contributed by atoms with Crippen molar-refractivity contribution in [1.82, 2.24) is 29.5 Å². The highest BCUT2D eigenvalue weighted by Gasteiger charge is 2.23. The van der Waals surface area contributed by atoms with E-state index in [1.807, 2.05) is 78.9 Å². The predicted molar refractivity (Wildman–Crippen MR) is 366 cm³/mol. The van der Waals surface area contributed by atoms with E-state index in [-0.39, 0.29) is 5.28 Å². The normalized spacial score (nSPS) is 11.5. The molecule has 0 saturated carbocycles. The van der Waals surface area contributed by atoms with Crippen molar-refractivity contribution in [3.8, 4) is 51.0 Å². The number of aromatic nitrogens is 6. The van der Waals surface area contributed by atoms with E-state index in [2.05, 4.69) is 244 Å².